The maximum Gasteiger partial charge on any atom is 0.306 e. The van der Waals surface area contributed by atoms with Crippen molar-refractivity contribution in [1.82, 2.24) is 0 Å². The zero-order chi connectivity index (χ0) is 56.7. The summed E-state index contributed by atoms with van der Waals surface area (Å²) in [5.74, 6) is -0.987. The van der Waals surface area contributed by atoms with Crippen molar-refractivity contribution in [3.05, 3.63) is 60.8 Å². The van der Waals surface area contributed by atoms with Gasteiger partial charge in [-0.05, 0) is 77.0 Å². The SMILES string of the molecule is CCCCCCCC/C=C/CCCCCCCCCCCCCC(=O)OC[C@@H](CO[C@@H]1O[C@H](CO[C@@H]2O[C@H](CO)[C@H](O)C(O)C2O)[C@H](O)C(O)C1O)OC(=O)CCC/C=C/C/C=C/C/C=C/C/C=C/CCCCCCCCC. The maximum atomic E-state index is 13.1. The Balaban J connectivity index is 1.76. The van der Waals surface area contributed by atoms with Crippen LogP contribution in [0.2, 0.25) is 0 Å². The number of aliphatic hydroxyl groups is 7. The van der Waals surface area contributed by atoms with Gasteiger partial charge >= 0.3 is 11.9 Å². The van der Waals surface area contributed by atoms with Crippen molar-refractivity contribution in [1.29, 1.82) is 0 Å². The minimum atomic E-state index is -1.78. The molecule has 0 radical (unpaired) electrons. The van der Waals surface area contributed by atoms with Crippen LogP contribution in [0.15, 0.2) is 60.8 Å². The summed E-state index contributed by atoms with van der Waals surface area (Å²) in [4.78, 5) is 25.9. The molecule has 78 heavy (non-hydrogen) atoms. The zero-order valence-electron chi connectivity index (χ0n) is 48.4. The normalized spacial score (nSPS) is 24.4. The highest BCUT2D eigenvalue weighted by Crippen LogP contribution is 2.27. The lowest BCUT2D eigenvalue weighted by Gasteiger charge is -2.42. The fraction of sp³-hybridized carbons (Fsp3) is 0.810. The Morgan fingerprint density at radius 2 is 0.782 bits per heavy atom. The molecule has 15 nitrogen and oxygen atoms in total. The molecule has 0 saturated carbocycles. The fourth-order valence-electron chi connectivity index (χ4n) is 9.44. The van der Waals surface area contributed by atoms with Gasteiger partial charge in [-0.3, -0.25) is 9.59 Å². The molecule has 7 N–H and O–H groups in total. The van der Waals surface area contributed by atoms with E-state index in [1.165, 1.54) is 141 Å². The molecule has 0 aromatic rings. The standard InChI is InChI=1S/C63H110O15/c1-3-5-7-9-11-13-15-17-19-21-23-25-27-29-31-33-35-37-39-41-43-45-54(65)73-48-51(49-74-62-61(72)59(70)57(68)53(78-62)50-75-63-60(71)58(69)56(67)52(47-64)77-63)76-55(66)46-44-42-40-38-36-34-32-30-28-26-24-22-20-18-16-14-12-10-8-6-4-2/h17,19-20,22,26,28,32,34,38,40,51-53,56-64,67-72H,3-16,18,21,23-25,27,29-31,33,35-37,39,41-50H2,1-2H3/b19-17+,22-20+,28-26+,34-32+,40-38+/t51-,52+,53+,56-,57-,58?,59?,60?,61?,62+,63+/m0/s1. The van der Waals surface area contributed by atoms with Crippen molar-refractivity contribution in [2.24, 2.45) is 0 Å². The third kappa shape index (κ3) is 35.1. The summed E-state index contributed by atoms with van der Waals surface area (Å²) < 4.78 is 33.7. The monoisotopic (exact) mass is 1110 g/mol. The van der Waals surface area contributed by atoms with E-state index in [0.29, 0.717) is 19.3 Å². The molecule has 11 atom stereocenters. The van der Waals surface area contributed by atoms with E-state index in [9.17, 15) is 45.3 Å². The molecule has 0 aliphatic carbocycles. The maximum absolute atomic E-state index is 13.1. The van der Waals surface area contributed by atoms with E-state index in [0.717, 1.165) is 44.9 Å². The number of aliphatic hydroxyl groups excluding tert-OH is 7. The Labute approximate surface area is 470 Å². The van der Waals surface area contributed by atoms with Gasteiger partial charge in [-0.2, -0.15) is 0 Å². The Morgan fingerprint density at radius 1 is 0.410 bits per heavy atom. The average molecular weight is 1110 g/mol. The zero-order valence-corrected chi connectivity index (χ0v) is 48.4. The number of hydrogen-bond donors (Lipinski definition) is 7. The van der Waals surface area contributed by atoms with Crippen molar-refractivity contribution < 1.29 is 73.8 Å². The summed E-state index contributed by atoms with van der Waals surface area (Å²) in [7, 11) is 0. The molecule has 0 spiro atoms. The number of rotatable bonds is 49. The quantitative estimate of drug-likeness (QED) is 0.0171. The second-order valence-corrected chi connectivity index (χ2v) is 21.5. The molecule has 4 unspecified atom stereocenters. The Morgan fingerprint density at radius 3 is 1.26 bits per heavy atom. The summed E-state index contributed by atoms with van der Waals surface area (Å²) in [6, 6.07) is 0. The van der Waals surface area contributed by atoms with Crippen LogP contribution in [0, 0.1) is 0 Å². The second kappa shape index (κ2) is 48.9. The van der Waals surface area contributed by atoms with Gasteiger partial charge in [0.1, 0.15) is 55.4 Å². The van der Waals surface area contributed by atoms with Gasteiger partial charge in [0.15, 0.2) is 18.7 Å². The van der Waals surface area contributed by atoms with Crippen LogP contribution in [-0.4, -0.2) is 142 Å². The summed E-state index contributed by atoms with van der Waals surface area (Å²) in [5, 5.41) is 72.4. The van der Waals surface area contributed by atoms with Gasteiger partial charge in [0.05, 0.1) is 19.8 Å². The lowest BCUT2D eigenvalue weighted by Crippen LogP contribution is -2.61. The number of carbonyl (C=O) groups is 2. The first-order chi connectivity index (χ1) is 38.0. The molecule has 0 bridgehead atoms. The van der Waals surface area contributed by atoms with Crippen LogP contribution in [0.3, 0.4) is 0 Å². The van der Waals surface area contributed by atoms with Crippen LogP contribution in [0.4, 0.5) is 0 Å². The highest BCUT2D eigenvalue weighted by Gasteiger charge is 2.47. The van der Waals surface area contributed by atoms with Crippen molar-refractivity contribution in [3.63, 3.8) is 0 Å². The van der Waals surface area contributed by atoms with Crippen molar-refractivity contribution >= 4 is 11.9 Å². The number of esters is 2. The molecule has 15 heteroatoms. The van der Waals surface area contributed by atoms with Crippen LogP contribution in [-0.2, 0) is 38.0 Å². The molecular formula is C63H110O15. The average Bonchev–Trinajstić information content (AvgIpc) is 3.44. The summed E-state index contributed by atoms with van der Waals surface area (Å²) in [6.07, 6.45) is 42.5. The first kappa shape index (κ1) is 71.3. The third-order valence-corrected chi connectivity index (χ3v) is 14.5. The molecule has 2 aliphatic rings. The van der Waals surface area contributed by atoms with E-state index in [1.807, 2.05) is 6.08 Å². The predicted octanol–water partition coefficient (Wildman–Crippen LogP) is 11.2. The van der Waals surface area contributed by atoms with E-state index in [-0.39, 0.29) is 19.4 Å². The largest absolute Gasteiger partial charge is 0.462 e. The highest BCUT2D eigenvalue weighted by atomic mass is 16.7. The van der Waals surface area contributed by atoms with Crippen LogP contribution in [0.5, 0.6) is 0 Å². The first-order valence-corrected chi connectivity index (χ1v) is 30.9. The van der Waals surface area contributed by atoms with Crippen LogP contribution >= 0.6 is 0 Å². The lowest BCUT2D eigenvalue weighted by atomic mass is 9.98. The number of unbranched alkanes of at least 4 members (excludes halogenated alkanes) is 25. The van der Waals surface area contributed by atoms with Crippen molar-refractivity contribution in [2.75, 3.05) is 26.4 Å². The van der Waals surface area contributed by atoms with E-state index in [4.69, 9.17) is 28.4 Å². The summed E-state index contributed by atoms with van der Waals surface area (Å²) in [6.45, 7) is 2.56. The van der Waals surface area contributed by atoms with Crippen molar-refractivity contribution in [3.8, 4) is 0 Å². The number of carbonyl (C=O) groups excluding carboxylic acids is 2. The number of allylic oxidation sites excluding steroid dienone is 10. The van der Waals surface area contributed by atoms with Gasteiger partial charge in [-0.25, -0.2) is 0 Å². The summed E-state index contributed by atoms with van der Waals surface area (Å²) >= 11 is 0. The van der Waals surface area contributed by atoms with Gasteiger partial charge in [-0.1, -0.05) is 203 Å². The molecule has 0 aromatic carbocycles. The summed E-state index contributed by atoms with van der Waals surface area (Å²) in [5.41, 5.74) is 0. The minimum absolute atomic E-state index is 0.0883. The lowest BCUT2D eigenvalue weighted by molar-refractivity contribution is -0.332. The molecule has 2 saturated heterocycles. The smallest absolute Gasteiger partial charge is 0.306 e. The van der Waals surface area contributed by atoms with Gasteiger partial charge < -0.3 is 64.2 Å². The van der Waals surface area contributed by atoms with E-state index < -0.39 is 99.3 Å². The molecule has 452 valence electrons. The van der Waals surface area contributed by atoms with Gasteiger partial charge in [-0.15, -0.1) is 0 Å². The van der Waals surface area contributed by atoms with Crippen molar-refractivity contribution in [2.45, 2.75) is 300 Å². The molecule has 0 aromatic heterocycles. The van der Waals surface area contributed by atoms with Gasteiger partial charge in [0, 0.05) is 12.8 Å². The molecule has 2 rings (SSSR count). The predicted molar refractivity (Wildman–Crippen MR) is 307 cm³/mol. The Bertz CT molecular complexity index is 1580. The van der Waals surface area contributed by atoms with Crippen LogP contribution in [0.25, 0.3) is 0 Å². The fourth-order valence-corrected chi connectivity index (χ4v) is 9.44. The Kier molecular flexibility index (Phi) is 44.7. The third-order valence-electron chi connectivity index (χ3n) is 14.5. The number of ether oxygens (including phenoxy) is 6. The minimum Gasteiger partial charge on any atom is -0.462 e. The van der Waals surface area contributed by atoms with Crippen LogP contribution in [0.1, 0.15) is 232 Å². The molecule has 2 fully saturated rings. The van der Waals surface area contributed by atoms with Crippen LogP contribution < -0.4 is 0 Å². The molecular weight excluding hydrogens is 997 g/mol. The first-order valence-electron chi connectivity index (χ1n) is 30.9. The second-order valence-electron chi connectivity index (χ2n) is 21.5. The molecule has 2 aliphatic heterocycles. The highest BCUT2D eigenvalue weighted by molar-refractivity contribution is 5.70. The van der Waals surface area contributed by atoms with Gasteiger partial charge in [0.25, 0.3) is 0 Å². The number of hydrogen-bond acceptors (Lipinski definition) is 15. The topological polar surface area (TPSA) is 231 Å². The molecule has 2 heterocycles. The van der Waals surface area contributed by atoms with E-state index in [2.05, 4.69) is 68.5 Å². The van der Waals surface area contributed by atoms with Gasteiger partial charge in [0.2, 0.25) is 0 Å². The van der Waals surface area contributed by atoms with E-state index in [1.54, 1.807) is 0 Å². The molecule has 0 amide bonds. The van der Waals surface area contributed by atoms with E-state index >= 15 is 0 Å². The Hall–Kier alpha value is -2.80.